The molecular formula is C18H13ClN2O3S2. The van der Waals surface area contributed by atoms with Crippen molar-refractivity contribution in [1.82, 2.24) is 9.97 Å². The second kappa shape index (κ2) is 6.50. The lowest BCUT2D eigenvalue weighted by Crippen LogP contribution is -2.09. The van der Waals surface area contributed by atoms with E-state index in [1.165, 1.54) is 22.7 Å². The van der Waals surface area contributed by atoms with Crippen molar-refractivity contribution >= 4 is 60.5 Å². The number of benzene rings is 1. The number of nitrogens with one attached hydrogen (secondary N) is 1. The Morgan fingerprint density at radius 3 is 2.81 bits per heavy atom. The first-order chi connectivity index (χ1) is 12.5. The van der Waals surface area contributed by atoms with Gasteiger partial charge < -0.3 is 9.72 Å². The van der Waals surface area contributed by atoms with Crippen LogP contribution in [0.1, 0.15) is 25.9 Å². The third kappa shape index (κ3) is 2.82. The predicted octanol–water partition coefficient (Wildman–Crippen LogP) is 4.83. The van der Waals surface area contributed by atoms with Crippen LogP contribution in [0.5, 0.6) is 0 Å². The van der Waals surface area contributed by atoms with Gasteiger partial charge in [-0.25, -0.2) is 9.78 Å². The molecule has 4 rings (SSSR count). The van der Waals surface area contributed by atoms with Gasteiger partial charge in [0.1, 0.15) is 22.1 Å². The van der Waals surface area contributed by atoms with Crippen molar-refractivity contribution in [3.05, 3.63) is 60.8 Å². The summed E-state index contributed by atoms with van der Waals surface area (Å²) in [5, 5.41) is 2.00. The summed E-state index contributed by atoms with van der Waals surface area (Å²) in [4.78, 5) is 33.3. The van der Waals surface area contributed by atoms with Crippen molar-refractivity contribution in [1.29, 1.82) is 0 Å². The Balaban J connectivity index is 1.63. The number of H-pyrrole nitrogens is 1. The summed E-state index contributed by atoms with van der Waals surface area (Å²) in [7, 11) is 0. The molecule has 0 unspecified atom stereocenters. The summed E-state index contributed by atoms with van der Waals surface area (Å²) >= 11 is 9.06. The lowest BCUT2D eigenvalue weighted by Gasteiger charge is -2.02. The standard InChI is InChI=1S/C18H13ClN2O3S2/c1-8-13-16(22)20-9(2)21-17(13)26-15(8)18(23)24-7-12-14(19)10-5-3-4-6-11(10)25-12/h3-6H,7H2,1-2H3,(H,20,21,22). The molecule has 0 amide bonds. The van der Waals surface area contributed by atoms with E-state index in [4.69, 9.17) is 16.3 Å². The van der Waals surface area contributed by atoms with Gasteiger partial charge in [0.05, 0.1) is 15.3 Å². The molecule has 0 radical (unpaired) electrons. The molecule has 0 bridgehead atoms. The average Bonchev–Trinajstić information content (AvgIpc) is 3.10. The molecule has 0 aliphatic rings. The molecule has 0 spiro atoms. The first-order valence-electron chi connectivity index (χ1n) is 7.78. The molecule has 8 heteroatoms. The van der Waals surface area contributed by atoms with Crippen LogP contribution in [-0.4, -0.2) is 15.9 Å². The van der Waals surface area contributed by atoms with Crippen molar-refractivity contribution in [3.63, 3.8) is 0 Å². The minimum Gasteiger partial charge on any atom is -0.456 e. The number of ether oxygens (including phenoxy) is 1. The number of rotatable bonds is 3. The highest BCUT2D eigenvalue weighted by molar-refractivity contribution is 7.20. The van der Waals surface area contributed by atoms with Crippen LogP contribution in [0.3, 0.4) is 0 Å². The number of aromatic amines is 1. The van der Waals surface area contributed by atoms with E-state index < -0.39 is 5.97 Å². The summed E-state index contributed by atoms with van der Waals surface area (Å²) in [6.07, 6.45) is 0. The van der Waals surface area contributed by atoms with Gasteiger partial charge in [-0.3, -0.25) is 4.79 Å². The van der Waals surface area contributed by atoms with Crippen LogP contribution in [0.4, 0.5) is 0 Å². The summed E-state index contributed by atoms with van der Waals surface area (Å²) < 4.78 is 6.51. The van der Waals surface area contributed by atoms with E-state index in [0.717, 1.165) is 15.0 Å². The first kappa shape index (κ1) is 17.2. The van der Waals surface area contributed by atoms with Crippen LogP contribution in [0, 0.1) is 13.8 Å². The van der Waals surface area contributed by atoms with Crippen LogP contribution < -0.4 is 5.56 Å². The number of fused-ring (bicyclic) bond motifs is 2. The molecule has 3 aromatic heterocycles. The number of nitrogens with zero attached hydrogens (tertiary/aromatic N) is 1. The normalized spacial score (nSPS) is 11.3. The number of carbonyl (C=O) groups is 1. The maximum atomic E-state index is 12.5. The molecule has 4 aromatic rings. The zero-order valence-electron chi connectivity index (χ0n) is 13.9. The van der Waals surface area contributed by atoms with E-state index in [1.807, 2.05) is 24.3 Å². The zero-order chi connectivity index (χ0) is 18.4. The summed E-state index contributed by atoms with van der Waals surface area (Å²) in [6.45, 7) is 3.53. The van der Waals surface area contributed by atoms with E-state index in [2.05, 4.69) is 9.97 Å². The fraction of sp³-hybridized carbons (Fsp3) is 0.167. The topological polar surface area (TPSA) is 72.0 Å². The Hall–Kier alpha value is -2.22. The van der Waals surface area contributed by atoms with Gasteiger partial charge in [-0.2, -0.15) is 0 Å². The van der Waals surface area contributed by atoms with Gasteiger partial charge >= 0.3 is 5.97 Å². The molecular weight excluding hydrogens is 392 g/mol. The molecule has 0 atom stereocenters. The average molecular weight is 405 g/mol. The van der Waals surface area contributed by atoms with Crippen LogP contribution >= 0.6 is 34.3 Å². The molecule has 1 aromatic carbocycles. The van der Waals surface area contributed by atoms with Crippen LogP contribution in [0.25, 0.3) is 20.3 Å². The Labute approximate surface area is 161 Å². The van der Waals surface area contributed by atoms with Crippen LogP contribution in [0.15, 0.2) is 29.1 Å². The van der Waals surface area contributed by atoms with Crippen molar-refractivity contribution in [3.8, 4) is 0 Å². The lowest BCUT2D eigenvalue weighted by atomic mass is 10.2. The Bertz CT molecular complexity index is 1220. The van der Waals surface area contributed by atoms with E-state index >= 15 is 0 Å². The third-order valence-electron chi connectivity index (χ3n) is 4.04. The minimum atomic E-state index is -0.476. The SMILES string of the molecule is Cc1nc2sc(C(=O)OCc3sc4ccccc4c3Cl)c(C)c2c(=O)[nH]1. The highest BCUT2D eigenvalue weighted by Gasteiger charge is 2.21. The number of carbonyl (C=O) groups excluding carboxylic acids is 1. The molecule has 0 fully saturated rings. The fourth-order valence-electron chi connectivity index (χ4n) is 2.80. The summed E-state index contributed by atoms with van der Waals surface area (Å²) in [5.41, 5.74) is 0.346. The monoisotopic (exact) mass is 404 g/mol. The smallest absolute Gasteiger partial charge is 0.349 e. The third-order valence-corrected chi connectivity index (χ3v) is 6.89. The minimum absolute atomic E-state index is 0.0908. The molecule has 3 heterocycles. The van der Waals surface area contributed by atoms with Gasteiger partial charge in [0.2, 0.25) is 0 Å². The van der Waals surface area contributed by atoms with Crippen molar-refractivity contribution < 1.29 is 9.53 Å². The highest BCUT2D eigenvalue weighted by Crippen LogP contribution is 2.36. The van der Waals surface area contributed by atoms with Gasteiger partial charge in [-0.05, 0) is 25.5 Å². The summed E-state index contributed by atoms with van der Waals surface area (Å²) in [6, 6.07) is 7.78. The number of hydrogen-bond acceptors (Lipinski definition) is 6. The Morgan fingerprint density at radius 1 is 1.27 bits per heavy atom. The van der Waals surface area contributed by atoms with Crippen molar-refractivity contribution in [2.75, 3.05) is 0 Å². The summed E-state index contributed by atoms with van der Waals surface area (Å²) in [5.74, 6) is 0.0387. The maximum Gasteiger partial charge on any atom is 0.349 e. The Kier molecular flexibility index (Phi) is 4.30. The van der Waals surface area contributed by atoms with Gasteiger partial charge in [0.25, 0.3) is 5.56 Å². The van der Waals surface area contributed by atoms with Crippen molar-refractivity contribution in [2.45, 2.75) is 20.5 Å². The Morgan fingerprint density at radius 2 is 2.04 bits per heavy atom. The van der Waals surface area contributed by atoms with Crippen LogP contribution in [0.2, 0.25) is 5.02 Å². The number of thiophene rings is 2. The van der Waals surface area contributed by atoms with Gasteiger partial charge in [-0.15, -0.1) is 22.7 Å². The second-order valence-corrected chi connectivity index (χ2v) is 8.31. The predicted molar refractivity (Wildman–Crippen MR) is 106 cm³/mol. The molecule has 0 saturated carbocycles. The first-order valence-corrected chi connectivity index (χ1v) is 9.80. The fourth-order valence-corrected chi connectivity index (χ4v) is 5.32. The number of esters is 1. The number of aryl methyl sites for hydroxylation is 2. The molecule has 1 N–H and O–H groups in total. The molecule has 5 nitrogen and oxygen atoms in total. The second-order valence-electron chi connectivity index (χ2n) is 5.80. The number of aromatic nitrogens is 2. The van der Waals surface area contributed by atoms with Gasteiger partial charge in [0.15, 0.2) is 0 Å². The highest BCUT2D eigenvalue weighted by atomic mass is 35.5. The lowest BCUT2D eigenvalue weighted by molar-refractivity contribution is 0.0482. The van der Waals surface area contributed by atoms with E-state index in [9.17, 15) is 9.59 Å². The molecule has 26 heavy (non-hydrogen) atoms. The van der Waals surface area contributed by atoms with E-state index in [-0.39, 0.29) is 12.2 Å². The van der Waals surface area contributed by atoms with Crippen molar-refractivity contribution in [2.24, 2.45) is 0 Å². The van der Waals surface area contributed by atoms with Crippen LogP contribution in [-0.2, 0) is 11.3 Å². The zero-order valence-corrected chi connectivity index (χ0v) is 16.3. The molecule has 0 saturated heterocycles. The molecule has 0 aliphatic carbocycles. The quantitative estimate of drug-likeness (QED) is 0.496. The van der Waals surface area contributed by atoms with E-state index in [0.29, 0.717) is 31.5 Å². The van der Waals surface area contributed by atoms with Gasteiger partial charge in [-0.1, -0.05) is 29.8 Å². The van der Waals surface area contributed by atoms with E-state index in [1.54, 1.807) is 13.8 Å². The van der Waals surface area contributed by atoms with Gasteiger partial charge in [0, 0.05) is 10.1 Å². The molecule has 132 valence electrons. The molecule has 0 aliphatic heterocycles. The maximum absolute atomic E-state index is 12.5. The largest absolute Gasteiger partial charge is 0.456 e. The number of halogens is 1. The number of hydrogen-bond donors (Lipinski definition) is 1.